The highest BCUT2D eigenvalue weighted by Crippen LogP contribution is 2.33. The Morgan fingerprint density at radius 2 is 1.72 bits per heavy atom. The predicted octanol–water partition coefficient (Wildman–Crippen LogP) is 3.59. The van der Waals surface area contributed by atoms with Gasteiger partial charge in [0, 0.05) is 5.56 Å². The Hall–Kier alpha value is -1.51. The van der Waals surface area contributed by atoms with Gasteiger partial charge >= 0.3 is 5.97 Å². The number of hydrogen-bond donors (Lipinski definition) is 0. The fourth-order valence-corrected chi connectivity index (χ4v) is 1.72. The molecule has 0 aliphatic heterocycles. The topological polar surface area (TPSA) is 35.5 Å². The van der Waals surface area contributed by atoms with E-state index in [0.29, 0.717) is 0 Å². The van der Waals surface area contributed by atoms with Crippen LogP contribution in [0, 0.1) is 11.8 Å². The van der Waals surface area contributed by atoms with E-state index in [1.54, 1.807) is 7.11 Å². The number of hydrogen-bond acceptors (Lipinski definition) is 3. The average molecular weight is 250 g/mol. The number of benzene rings is 1. The molecule has 0 saturated carbocycles. The SMILES string of the molecule is COc1ccccc1[C@H](OC(=O)C(C)C)C(C)C. The summed E-state index contributed by atoms with van der Waals surface area (Å²) in [6.07, 6.45) is -0.268. The van der Waals surface area contributed by atoms with Crippen molar-refractivity contribution < 1.29 is 14.3 Å². The van der Waals surface area contributed by atoms with Crippen molar-refractivity contribution in [2.45, 2.75) is 33.8 Å². The maximum Gasteiger partial charge on any atom is 0.308 e. The minimum absolute atomic E-state index is 0.124. The van der Waals surface area contributed by atoms with Gasteiger partial charge in [-0.25, -0.2) is 0 Å². The fourth-order valence-electron chi connectivity index (χ4n) is 1.72. The summed E-state index contributed by atoms with van der Waals surface area (Å²) in [5, 5.41) is 0. The van der Waals surface area contributed by atoms with Crippen LogP contribution in [-0.2, 0) is 9.53 Å². The van der Waals surface area contributed by atoms with Gasteiger partial charge in [-0.1, -0.05) is 45.9 Å². The van der Waals surface area contributed by atoms with E-state index < -0.39 is 0 Å². The molecule has 100 valence electrons. The summed E-state index contributed by atoms with van der Waals surface area (Å²) in [4.78, 5) is 11.8. The quantitative estimate of drug-likeness (QED) is 0.749. The fraction of sp³-hybridized carbons (Fsp3) is 0.533. The van der Waals surface area contributed by atoms with Gasteiger partial charge in [0.2, 0.25) is 0 Å². The molecule has 18 heavy (non-hydrogen) atoms. The molecule has 0 N–H and O–H groups in total. The lowest BCUT2D eigenvalue weighted by atomic mass is 9.98. The molecule has 0 aliphatic carbocycles. The minimum atomic E-state index is -0.268. The van der Waals surface area contributed by atoms with Crippen molar-refractivity contribution in [3.05, 3.63) is 29.8 Å². The van der Waals surface area contributed by atoms with E-state index in [0.717, 1.165) is 11.3 Å². The summed E-state index contributed by atoms with van der Waals surface area (Å²) in [5.74, 6) is 0.650. The van der Waals surface area contributed by atoms with Gasteiger partial charge in [-0.05, 0) is 12.0 Å². The molecule has 1 rings (SSSR count). The molecule has 1 atom stereocenters. The zero-order valence-electron chi connectivity index (χ0n) is 11.8. The normalized spacial score (nSPS) is 12.6. The maximum absolute atomic E-state index is 11.8. The van der Waals surface area contributed by atoms with Crippen molar-refractivity contribution in [3.63, 3.8) is 0 Å². The number of esters is 1. The first-order valence-electron chi connectivity index (χ1n) is 6.30. The summed E-state index contributed by atoms with van der Waals surface area (Å²) in [5.41, 5.74) is 0.920. The number of para-hydroxylation sites is 1. The number of rotatable bonds is 5. The summed E-state index contributed by atoms with van der Waals surface area (Å²) < 4.78 is 10.9. The lowest BCUT2D eigenvalue weighted by molar-refractivity contribution is -0.155. The van der Waals surface area contributed by atoms with Gasteiger partial charge in [-0.2, -0.15) is 0 Å². The van der Waals surface area contributed by atoms with E-state index >= 15 is 0 Å². The zero-order chi connectivity index (χ0) is 13.7. The molecular formula is C15H22O3. The molecule has 0 heterocycles. The van der Waals surface area contributed by atoms with Crippen LogP contribution in [0.4, 0.5) is 0 Å². The number of ether oxygens (including phenoxy) is 2. The van der Waals surface area contributed by atoms with Crippen molar-refractivity contribution in [2.24, 2.45) is 11.8 Å². The van der Waals surface area contributed by atoms with Crippen molar-refractivity contribution in [1.29, 1.82) is 0 Å². The molecule has 1 aromatic rings. The van der Waals surface area contributed by atoms with Crippen LogP contribution < -0.4 is 4.74 Å². The number of carbonyl (C=O) groups is 1. The molecule has 1 aromatic carbocycles. The monoisotopic (exact) mass is 250 g/mol. The van der Waals surface area contributed by atoms with Crippen LogP contribution in [0.3, 0.4) is 0 Å². The third-order valence-electron chi connectivity index (χ3n) is 2.77. The molecular weight excluding hydrogens is 228 g/mol. The smallest absolute Gasteiger partial charge is 0.308 e. The van der Waals surface area contributed by atoms with Crippen LogP contribution in [-0.4, -0.2) is 13.1 Å². The first kappa shape index (κ1) is 14.6. The highest BCUT2D eigenvalue weighted by Gasteiger charge is 2.24. The van der Waals surface area contributed by atoms with Crippen LogP contribution in [0.1, 0.15) is 39.4 Å². The molecule has 0 aromatic heterocycles. The zero-order valence-corrected chi connectivity index (χ0v) is 11.8. The van der Waals surface area contributed by atoms with E-state index in [9.17, 15) is 4.79 Å². The van der Waals surface area contributed by atoms with Gasteiger partial charge in [-0.15, -0.1) is 0 Å². The van der Waals surface area contributed by atoms with E-state index in [4.69, 9.17) is 9.47 Å². The Labute approximate surface area is 109 Å². The van der Waals surface area contributed by atoms with Gasteiger partial charge in [0.25, 0.3) is 0 Å². The Bertz CT molecular complexity index is 396. The summed E-state index contributed by atoms with van der Waals surface area (Å²) in [7, 11) is 1.63. The molecule has 3 nitrogen and oxygen atoms in total. The summed E-state index contributed by atoms with van der Waals surface area (Å²) >= 11 is 0. The summed E-state index contributed by atoms with van der Waals surface area (Å²) in [6.45, 7) is 7.74. The first-order valence-corrected chi connectivity index (χ1v) is 6.30. The van der Waals surface area contributed by atoms with Gasteiger partial charge in [0.05, 0.1) is 13.0 Å². The molecule has 0 spiro atoms. The molecule has 0 saturated heterocycles. The molecule has 0 fully saturated rings. The van der Waals surface area contributed by atoms with Gasteiger partial charge in [0.15, 0.2) is 0 Å². The highest BCUT2D eigenvalue weighted by molar-refractivity contribution is 5.72. The lowest BCUT2D eigenvalue weighted by Gasteiger charge is -2.24. The standard InChI is InChI=1S/C15H22O3/c1-10(2)14(18-15(16)11(3)4)12-8-6-7-9-13(12)17-5/h6-11,14H,1-5H3/t14-/m1/s1. The molecule has 0 amide bonds. The number of carbonyl (C=O) groups excluding carboxylic acids is 1. The van der Waals surface area contributed by atoms with E-state index in [-0.39, 0.29) is 23.9 Å². The Kier molecular flexibility index (Phi) is 5.20. The average Bonchev–Trinajstić information content (AvgIpc) is 2.35. The largest absolute Gasteiger partial charge is 0.496 e. The third-order valence-corrected chi connectivity index (χ3v) is 2.77. The molecule has 0 bridgehead atoms. The number of methoxy groups -OCH3 is 1. The summed E-state index contributed by atoms with van der Waals surface area (Å²) in [6, 6.07) is 7.66. The minimum Gasteiger partial charge on any atom is -0.496 e. The third kappa shape index (κ3) is 3.49. The predicted molar refractivity (Wildman–Crippen MR) is 71.5 cm³/mol. The van der Waals surface area contributed by atoms with Crippen LogP contribution in [0.5, 0.6) is 5.75 Å². The van der Waals surface area contributed by atoms with Gasteiger partial charge in [0.1, 0.15) is 11.9 Å². The Morgan fingerprint density at radius 1 is 1.11 bits per heavy atom. The lowest BCUT2D eigenvalue weighted by Crippen LogP contribution is -2.20. The van der Waals surface area contributed by atoms with E-state index in [1.165, 1.54) is 0 Å². The Balaban J connectivity index is 3.01. The second-order valence-corrected chi connectivity index (χ2v) is 5.00. The van der Waals surface area contributed by atoms with Crippen LogP contribution in [0.2, 0.25) is 0 Å². The van der Waals surface area contributed by atoms with Crippen LogP contribution in [0.25, 0.3) is 0 Å². The van der Waals surface area contributed by atoms with Crippen molar-refractivity contribution >= 4 is 5.97 Å². The van der Waals surface area contributed by atoms with Crippen LogP contribution >= 0.6 is 0 Å². The van der Waals surface area contributed by atoms with Crippen molar-refractivity contribution in [1.82, 2.24) is 0 Å². The van der Waals surface area contributed by atoms with Crippen molar-refractivity contribution in [2.75, 3.05) is 7.11 Å². The molecule has 0 unspecified atom stereocenters. The van der Waals surface area contributed by atoms with E-state index in [1.807, 2.05) is 52.0 Å². The molecule has 0 radical (unpaired) electrons. The molecule has 0 aliphatic rings. The maximum atomic E-state index is 11.8. The van der Waals surface area contributed by atoms with Gasteiger partial charge in [-0.3, -0.25) is 4.79 Å². The second kappa shape index (κ2) is 6.43. The van der Waals surface area contributed by atoms with Crippen molar-refractivity contribution in [3.8, 4) is 5.75 Å². The van der Waals surface area contributed by atoms with Gasteiger partial charge < -0.3 is 9.47 Å². The highest BCUT2D eigenvalue weighted by atomic mass is 16.5. The second-order valence-electron chi connectivity index (χ2n) is 5.00. The van der Waals surface area contributed by atoms with Crippen LogP contribution in [0.15, 0.2) is 24.3 Å². The Morgan fingerprint density at radius 3 is 2.22 bits per heavy atom. The molecule has 3 heteroatoms. The first-order chi connectivity index (χ1) is 8.47. The van der Waals surface area contributed by atoms with E-state index in [2.05, 4.69) is 0 Å².